The lowest BCUT2D eigenvalue weighted by atomic mass is 10.1. The highest BCUT2D eigenvalue weighted by molar-refractivity contribution is 6.91. The second-order valence-corrected chi connectivity index (χ2v) is 52.9. The minimum atomic E-state index is -1.94. The lowest BCUT2D eigenvalue weighted by Gasteiger charge is -2.37. The summed E-state index contributed by atoms with van der Waals surface area (Å²) in [6.45, 7) is 21.4. The molecule has 0 amide bonds. The number of esters is 4. The summed E-state index contributed by atoms with van der Waals surface area (Å²) in [6.07, 6.45) is 6.01. The van der Waals surface area contributed by atoms with Gasteiger partial charge in [-0.2, -0.15) is 0 Å². The van der Waals surface area contributed by atoms with Gasteiger partial charge in [0, 0.05) is 0 Å². The summed E-state index contributed by atoms with van der Waals surface area (Å²) in [4.78, 5) is 51.1. The van der Waals surface area contributed by atoms with Gasteiger partial charge in [0.2, 0.25) is 0 Å². The van der Waals surface area contributed by atoms with Crippen LogP contribution < -0.4 is 20.7 Å². The lowest BCUT2D eigenvalue weighted by Crippen LogP contribution is -2.44. The second kappa shape index (κ2) is 34.8. The van der Waals surface area contributed by atoms with Crippen molar-refractivity contribution >= 4 is 85.0 Å². The van der Waals surface area contributed by atoms with Crippen molar-refractivity contribution in [2.45, 2.75) is 179 Å². The molecule has 0 radical (unpaired) electrons. The van der Waals surface area contributed by atoms with E-state index in [0.717, 1.165) is 44.5 Å². The number of hydrogen-bond donors (Lipinski definition) is 0. The summed E-state index contributed by atoms with van der Waals surface area (Å²) in [5, 5.41) is 5.80. The van der Waals surface area contributed by atoms with E-state index in [9.17, 15) is 19.2 Å². The van der Waals surface area contributed by atoms with Gasteiger partial charge in [0.1, 0.15) is 26.4 Å². The van der Waals surface area contributed by atoms with E-state index in [0.29, 0.717) is 0 Å². The molecule has 0 bridgehead atoms. The predicted molar refractivity (Wildman–Crippen MR) is 397 cm³/mol. The van der Waals surface area contributed by atoms with Crippen molar-refractivity contribution in [3.63, 3.8) is 0 Å². The van der Waals surface area contributed by atoms with Gasteiger partial charge in [0.25, 0.3) is 0 Å². The SMILES string of the molecule is C[Si](C)(CCC[Si](CCC[Si](C)(C)c1ccc(COC(=O)Cc2ccccc2)cc1)(CCC[Si](C)(C)c1ccc(COC(=O)Cc2ccccc2)cc1)CCC[Si](C)(C)c1ccc(COC(=O)Cc2ccccc2)cc1)c1ccc(COC(=O)Cc2ccccc2)cc1. The topological polar surface area (TPSA) is 105 Å². The molecule has 0 fully saturated rings. The lowest BCUT2D eigenvalue weighted by molar-refractivity contribution is -0.145. The molecule has 0 aromatic heterocycles. The van der Waals surface area contributed by atoms with Crippen molar-refractivity contribution in [1.29, 1.82) is 0 Å². The van der Waals surface area contributed by atoms with Gasteiger partial charge in [-0.3, -0.25) is 19.2 Å². The zero-order valence-corrected chi connectivity index (χ0v) is 61.7. The van der Waals surface area contributed by atoms with Crippen molar-refractivity contribution in [3.05, 3.63) is 263 Å². The molecular formula is C80H100O8Si5. The first-order chi connectivity index (χ1) is 44.6. The third-order valence-electron chi connectivity index (χ3n) is 19.3. The minimum absolute atomic E-state index is 0.212. The van der Waals surface area contributed by atoms with Gasteiger partial charge >= 0.3 is 23.9 Å². The Morgan fingerprint density at radius 3 is 0.602 bits per heavy atom. The highest BCUT2D eigenvalue weighted by Gasteiger charge is 2.37. The summed E-state index contributed by atoms with van der Waals surface area (Å²) in [5.74, 6) is -0.850. The van der Waals surface area contributed by atoms with Crippen molar-refractivity contribution < 1.29 is 38.1 Å². The van der Waals surface area contributed by atoms with Crippen LogP contribution in [0.15, 0.2) is 218 Å². The van der Waals surface area contributed by atoms with Crippen molar-refractivity contribution in [2.75, 3.05) is 0 Å². The van der Waals surface area contributed by atoms with Crippen molar-refractivity contribution in [3.8, 4) is 0 Å². The van der Waals surface area contributed by atoms with E-state index in [1.165, 1.54) is 94.8 Å². The monoisotopic (exact) mass is 1330 g/mol. The van der Waals surface area contributed by atoms with E-state index >= 15 is 0 Å². The highest BCUT2D eigenvalue weighted by Crippen LogP contribution is 2.38. The molecule has 0 saturated carbocycles. The maximum absolute atomic E-state index is 12.8. The number of rotatable bonds is 36. The molecule has 8 aromatic rings. The van der Waals surface area contributed by atoms with Crippen LogP contribution in [0, 0.1) is 0 Å². The highest BCUT2D eigenvalue weighted by atomic mass is 28.3. The van der Waals surface area contributed by atoms with Crippen LogP contribution in [-0.2, 0) is 90.2 Å². The quantitative estimate of drug-likeness (QED) is 0.0217. The Morgan fingerprint density at radius 2 is 0.419 bits per heavy atom. The van der Waals surface area contributed by atoms with Crippen LogP contribution in [0.3, 0.4) is 0 Å². The van der Waals surface area contributed by atoms with Crippen molar-refractivity contribution in [1.82, 2.24) is 0 Å². The fourth-order valence-corrected chi connectivity index (χ4v) is 29.4. The Morgan fingerprint density at radius 1 is 0.237 bits per heavy atom. The molecule has 0 aliphatic rings. The molecule has 13 heteroatoms. The van der Waals surface area contributed by atoms with E-state index in [1.807, 2.05) is 121 Å². The molecular weight excluding hydrogens is 1230 g/mol. The number of hydrogen-bond acceptors (Lipinski definition) is 8. The third-order valence-corrected chi connectivity index (χ3v) is 39.0. The number of carbonyl (C=O) groups is 4. The third kappa shape index (κ3) is 23.6. The molecule has 8 rings (SSSR count). The average Bonchev–Trinajstić information content (AvgIpc) is 1.05. The second-order valence-electron chi connectivity index (χ2n) is 28.5. The van der Waals surface area contributed by atoms with Crippen LogP contribution in [0.1, 0.15) is 70.2 Å². The summed E-state index contributed by atoms with van der Waals surface area (Å²) in [5.41, 5.74) is 7.90. The number of ether oxygens (including phenoxy) is 4. The Kier molecular flexibility index (Phi) is 26.7. The molecule has 0 spiro atoms. The molecule has 8 aromatic carbocycles. The Balaban J connectivity index is 0.980. The Hall–Kier alpha value is -7.28. The number of carbonyl (C=O) groups excluding carboxylic acids is 4. The summed E-state index contributed by atoms with van der Waals surface area (Å²) in [6, 6.07) is 85.2. The van der Waals surface area contributed by atoms with Crippen LogP contribution >= 0.6 is 0 Å². The smallest absolute Gasteiger partial charge is 0.310 e. The molecule has 0 saturated heterocycles. The average molecular weight is 1330 g/mol. The first-order valence-electron chi connectivity index (χ1n) is 33.8. The van der Waals surface area contributed by atoms with Gasteiger partial charge < -0.3 is 18.9 Å². The van der Waals surface area contributed by atoms with Crippen LogP contribution in [-0.4, -0.2) is 64.2 Å². The molecule has 0 unspecified atom stereocenters. The van der Waals surface area contributed by atoms with E-state index in [4.69, 9.17) is 18.9 Å². The molecule has 8 nitrogen and oxygen atoms in total. The summed E-state index contributed by atoms with van der Waals surface area (Å²) < 4.78 is 23.0. The molecule has 0 aliphatic heterocycles. The van der Waals surface area contributed by atoms with E-state index in [-0.39, 0.29) is 76.0 Å². The zero-order valence-electron chi connectivity index (χ0n) is 56.7. The van der Waals surface area contributed by atoms with Crippen LogP contribution in [0.4, 0.5) is 0 Å². The largest absolute Gasteiger partial charge is 0.461 e. The molecule has 0 heterocycles. The fourth-order valence-electron chi connectivity index (χ4n) is 13.1. The van der Waals surface area contributed by atoms with Crippen LogP contribution in [0.2, 0.25) is 101 Å². The van der Waals surface area contributed by atoms with Crippen LogP contribution in [0.25, 0.3) is 0 Å². The standard InChI is InChI=1S/C80H100O8Si5/c1-89(2,73-41-33-69(34-42-73)61-85-77(81)57-65-25-13-9-14-26-65)49-21-53-93(54-22-50-90(3,4)74-43-35-70(36-44-74)62-86-78(82)58-66-27-15-10-16-28-66,55-23-51-91(5,6)75-45-37-71(38-46-75)63-87-79(83)59-67-29-17-11-18-30-67)56-24-52-92(7,8)76-47-39-72(40-48-76)64-88-80(84)60-68-31-19-12-20-32-68/h9-20,25-48H,21-24,49-64H2,1-8H3. The van der Waals surface area contributed by atoms with Gasteiger partial charge in [0.05, 0.1) is 66.1 Å². The Bertz CT molecular complexity index is 3100. The van der Waals surface area contributed by atoms with E-state index in [1.54, 1.807) is 0 Å². The van der Waals surface area contributed by atoms with Gasteiger partial charge in [-0.15, -0.1) is 0 Å². The minimum Gasteiger partial charge on any atom is -0.461 e. The summed E-state index contributed by atoms with van der Waals surface area (Å²) >= 11 is 0. The molecule has 0 N–H and O–H groups in total. The summed E-state index contributed by atoms with van der Waals surface area (Å²) in [7, 11) is -9.41. The van der Waals surface area contributed by atoms with Gasteiger partial charge in [-0.25, -0.2) is 0 Å². The molecule has 0 aliphatic carbocycles. The van der Waals surface area contributed by atoms with Gasteiger partial charge in [-0.05, 0) is 44.5 Å². The fraction of sp³-hybridized carbons (Fsp3) is 0.350. The van der Waals surface area contributed by atoms with Gasteiger partial charge in [-0.1, -0.05) is 366 Å². The van der Waals surface area contributed by atoms with Gasteiger partial charge in [0.15, 0.2) is 0 Å². The maximum Gasteiger partial charge on any atom is 0.310 e. The van der Waals surface area contributed by atoms with Crippen molar-refractivity contribution in [2.24, 2.45) is 0 Å². The first kappa shape index (κ1) is 71.6. The van der Waals surface area contributed by atoms with Crippen LogP contribution in [0.5, 0.6) is 0 Å². The normalized spacial score (nSPS) is 12.0. The zero-order chi connectivity index (χ0) is 66.2. The Labute approximate surface area is 561 Å². The maximum atomic E-state index is 12.8. The molecule has 93 heavy (non-hydrogen) atoms. The van der Waals surface area contributed by atoms with E-state index < -0.39 is 40.4 Å². The predicted octanol–water partition coefficient (Wildman–Crippen LogP) is 16.6. The first-order valence-corrected chi connectivity index (χ1v) is 49.4. The van der Waals surface area contributed by atoms with E-state index in [2.05, 4.69) is 149 Å². The number of benzene rings is 8. The molecule has 0 atom stereocenters. The molecule has 488 valence electrons.